The minimum Gasteiger partial charge on any atom is -0.444 e. The number of alkyl halides is 1. The minimum absolute atomic E-state index is 0.224. The topological polar surface area (TPSA) is 56.7 Å². The van der Waals surface area contributed by atoms with E-state index in [1.165, 1.54) is 0 Å². The standard InChI is InChI=1S/C14H14BrClN4O/c1-3-10-6-17-12(21-10)7-20-13(8(2)16)19-11-4-9(15)5-18-14(11)20/h4-6,8H,3,7H2,1-2H3. The molecule has 3 aromatic rings. The fourth-order valence-electron chi connectivity index (χ4n) is 2.18. The quantitative estimate of drug-likeness (QED) is 0.650. The average molecular weight is 370 g/mol. The molecule has 0 aliphatic carbocycles. The number of imidazole rings is 1. The van der Waals surface area contributed by atoms with E-state index in [9.17, 15) is 0 Å². The van der Waals surface area contributed by atoms with E-state index in [1.54, 1.807) is 12.4 Å². The van der Waals surface area contributed by atoms with Gasteiger partial charge in [0.15, 0.2) is 5.65 Å². The van der Waals surface area contributed by atoms with Gasteiger partial charge in [-0.25, -0.2) is 15.0 Å². The van der Waals surface area contributed by atoms with Gasteiger partial charge in [-0.15, -0.1) is 11.6 Å². The summed E-state index contributed by atoms with van der Waals surface area (Å²) in [6.07, 6.45) is 4.32. The van der Waals surface area contributed by atoms with E-state index in [0.29, 0.717) is 12.4 Å². The molecular formula is C14H14BrClN4O. The molecular weight excluding hydrogens is 356 g/mol. The van der Waals surface area contributed by atoms with Crippen LogP contribution in [0.5, 0.6) is 0 Å². The third-order valence-corrected chi connectivity index (χ3v) is 3.81. The zero-order valence-electron chi connectivity index (χ0n) is 11.7. The number of nitrogens with zero attached hydrogens (tertiary/aromatic N) is 4. The van der Waals surface area contributed by atoms with E-state index in [2.05, 4.69) is 30.9 Å². The monoisotopic (exact) mass is 368 g/mol. The van der Waals surface area contributed by atoms with Crippen LogP contribution in [0.1, 0.15) is 36.7 Å². The number of rotatable bonds is 4. The fraction of sp³-hybridized carbons (Fsp3) is 0.357. The lowest BCUT2D eigenvalue weighted by atomic mass is 10.4. The summed E-state index contributed by atoms with van der Waals surface area (Å²) in [5, 5.41) is -0.224. The number of oxazole rings is 1. The van der Waals surface area contributed by atoms with Gasteiger partial charge in [-0.05, 0) is 28.9 Å². The van der Waals surface area contributed by atoms with Gasteiger partial charge < -0.3 is 8.98 Å². The molecule has 3 aromatic heterocycles. The van der Waals surface area contributed by atoms with Gasteiger partial charge in [0.25, 0.3) is 0 Å². The first kappa shape index (κ1) is 14.5. The summed E-state index contributed by atoms with van der Waals surface area (Å²) >= 11 is 9.65. The molecule has 21 heavy (non-hydrogen) atoms. The molecule has 0 N–H and O–H groups in total. The molecule has 0 saturated carbocycles. The molecule has 3 heterocycles. The molecule has 0 radical (unpaired) electrons. The van der Waals surface area contributed by atoms with Gasteiger partial charge in [-0.3, -0.25) is 0 Å². The Hall–Kier alpha value is -1.40. The molecule has 5 nitrogen and oxygen atoms in total. The number of pyridine rings is 1. The van der Waals surface area contributed by atoms with Crippen LogP contribution in [0.3, 0.4) is 0 Å². The van der Waals surface area contributed by atoms with Gasteiger partial charge in [0.2, 0.25) is 5.89 Å². The first-order valence-corrected chi connectivity index (χ1v) is 7.90. The Morgan fingerprint density at radius 1 is 1.38 bits per heavy atom. The van der Waals surface area contributed by atoms with E-state index in [1.807, 2.05) is 24.5 Å². The van der Waals surface area contributed by atoms with Gasteiger partial charge in [0, 0.05) is 17.1 Å². The highest BCUT2D eigenvalue weighted by molar-refractivity contribution is 9.10. The Bertz CT molecular complexity index is 780. The predicted octanol–water partition coefficient (Wildman–Crippen LogP) is 4.09. The van der Waals surface area contributed by atoms with Crippen molar-refractivity contribution >= 4 is 38.7 Å². The summed E-state index contributed by atoms with van der Waals surface area (Å²) in [6.45, 7) is 4.39. The number of halogens is 2. The van der Waals surface area contributed by atoms with Gasteiger partial charge in [-0.2, -0.15) is 0 Å². The van der Waals surface area contributed by atoms with Crippen molar-refractivity contribution in [3.05, 3.63) is 40.4 Å². The molecule has 0 bridgehead atoms. The summed E-state index contributed by atoms with van der Waals surface area (Å²) in [5.41, 5.74) is 1.58. The fourth-order valence-corrected chi connectivity index (χ4v) is 2.67. The second-order valence-corrected chi connectivity index (χ2v) is 6.31. The summed E-state index contributed by atoms with van der Waals surface area (Å²) in [6, 6.07) is 1.93. The summed E-state index contributed by atoms with van der Waals surface area (Å²) in [4.78, 5) is 13.3. The molecule has 0 aliphatic heterocycles. The molecule has 1 unspecified atom stereocenters. The zero-order valence-corrected chi connectivity index (χ0v) is 14.0. The number of fused-ring (bicyclic) bond motifs is 1. The second kappa shape index (κ2) is 5.77. The van der Waals surface area contributed by atoms with E-state index >= 15 is 0 Å². The lowest BCUT2D eigenvalue weighted by Gasteiger charge is -2.07. The van der Waals surface area contributed by atoms with Crippen LogP contribution in [0.4, 0.5) is 0 Å². The highest BCUT2D eigenvalue weighted by Gasteiger charge is 2.18. The van der Waals surface area contributed by atoms with E-state index in [-0.39, 0.29) is 5.38 Å². The first-order valence-electron chi connectivity index (χ1n) is 6.67. The third-order valence-electron chi connectivity index (χ3n) is 3.18. The van der Waals surface area contributed by atoms with Crippen molar-refractivity contribution in [3.8, 4) is 0 Å². The number of hydrogen-bond donors (Lipinski definition) is 0. The molecule has 110 valence electrons. The molecule has 0 fully saturated rings. The Labute approximate surface area is 135 Å². The van der Waals surface area contributed by atoms with Crippen LogP contribution in [0, 0.1) is 0 Å². The summed E-state index contributed by atoms with van der Waals surface area (Å²) < 4.78 is 8.51. The molecule has 0 saturated heterocycles. The first-order chi connectivity index (χ1) is 10.1. The van der Waals surface area contributed by atoms with Gasteiger partial charge in [0.05, 0.1) is 11.6 Å². The van der Waals surface area contributed by atoms with Crippen LogP contribution < -0.4 is 0 Å². The maximum absolute atomic E-state index is 6.24. The zero-order chi connectivity index (χ0) is 15.0. The van der Waals surface area contributed by atoms with Crippen molar-refractivity contribution < 1.29 is 4.42 Å². The number of aromatic nitrogens is 4. The Morgan fingerprint density at radius 3 is 2.86 bits per heavy atom. The predicted molar refractivity (Wildman–Crippen MR) is 84.5 cm³/mol. The van der Waals surface area contributed by atoms with Gasteiger partial charge in [-0.1, -0.05) is 6.92 Å². The van der Waals surface area contributed by atoms with Crippen LogP contribution in [0.2, 0.25) is 0 Å². The number of hydrogen-bond acceptors (Lipinski definition) is 4. The lowest BCUT2D eigenvalue weighted by molar-refractivity contribution is 0.445. The van der Waals surface area contributed by atoms with E-state index < -0.39 is 0 Å². The smallest absolute Gasteiger partial charge is 0.214 e. The third kappa shape index (κ3) is 2.82. The highest BCUT2D eigenvalue weighted by atomic mass is 79.9. The Kier molecular flexibility index (Phi) is 3.99. The van der Waals surface area contributed by atoms with Gasteiger partial charge in [0.1, 0.15) is 23.6 Å². The molecule has 0 aromatic carbocycles. The Morgan fingerprint density at radius 2 is 2.19 bits per heavy atom. The van der Waals surface area contributed by atoms with Gasteiger partial charge >= 0.3 is 0 Å². The SMILES string of the molecule is CCc1cnc(Cn2c(C(C)Cl)nc3cc(Br)cnc32)o1. The summed E-state index contributed by atoms with van der Waals surface area (Å²) in [5.74, 6) is 2.26. The van der Waals surface area contributed by atoms with Crippen molar-refractivity contribution in [2.24, 2.45) is 0 Å². The van der Waals surface area contributed by atoms with Crippen molar-refractivity contribution in [2.75, 3.05) is 0 Å². The number of aryl methyl sites for hydroxylation is 1. The molecule has 0 spiro atoms. The van der Waals surface area contributed by atoms with Crippen LogP contribution >= 0.6 is 27.5 Å². The normalized spacial score (nSPS) is 13.0. The molecule has 7 heteroatoms. The van der Waals surface area contributed by atoms with E-state index in [4.69, 9.17) is 16.0 Å². The van der Waals surface area contributed by atoms with Crippen LogP contribution in [0.25, 0.3) is 11.2 Å². The van der Waals surface area contributed by atoms with Crippen molar-refractivity contribution in [1.82, 2.24) is 19.5 Å². The molecule has 1 atom stereocenters. The van der Waals surface area contributed by atoms with Crippen LogP contribution in [0.15, 0.2) is 27.3 Å². The minimum atomic E-state index is -0.224. The van der Waals surface area contributed by atoms with E-state index in [0.717, 1.165) is 33.6 Å². The molecule has 3 rings (SSSR count). The van der Waals surface area contributed by atoms with Crippen molar-refractivity contribution in [2.45, 2.75) is 32.2 Å². The lowest BCUT2D eigenvalue weighted by Crippen LogP contribution is -2.06. The second-order valence-electron chi connectivity index (χ2n) is 4.74. The van der Waals surface area contributed by atoms with Crippen LogP contribution in [-0.4, -0.2) is 19.5 Å². The maximum Gasteiger partial charge on any atom is 0.214 e. The molecule has 0 amide bonds. The highest BCUT2D eigenvalue weighted by Crippen LogP contribution is 2.26. The van der Waals surface area contributed by atoms with Crippen LogP contribution in [-0.2, 0) is 13.0 Å². The summed E-state index contributed by atoms with van der Waals surface area (Å²) in [7, 11) is 0. The molecule has 0 aliphatic rings. The largest absolute Gasteiger partial charge is 0.444 e. The average Bonchev–Trinajstić information content (AvgIpc) is 3.04. The Balaban J connectivity index is 2.08. The van der Waals surface area contributed by atoms with Crippen molar-refractivity contribution in [1.29, 1.82) is 0 Å². The maximum atomic E-state index is 6.24. The van der Waals surface area contributed by atoms with Crippen molar-refractivity contribution in [3.63, 3.8) is 0 Å².